The molecule has 8 nitrogen and oxygen atoms in total. The van der Waals surface area contributed by atoms with Crippen molar-refractivity contribution >= 4 is 28.2 Å². The van der Waals surface area contributed by atoms with Gasteiger partial charge in [0.15, 0.2) is 10.9 Å². The lowest BCUT2D eigenvalue weighted by Crippen LogP contribution is -2.12. The number of anilines is 1. The van der Waals surface area contributed by atoms with Crippen molar-refractivity contribution in [1.29, 1.82) is 0 Å². The van der Waals surface area contributed by atoms with Gasteiger partial charge in [0.05, 0.1) is 10.6 Å². The van der Waals surface area contributed by atoms with Crippen LogP contribution in [0.3, 0.4) is 0 Å². The van der Waals surface area contributed by atoms with E-state index in [4.69, 9.17) is 4.52 Å². The highest BCUT2D eigenvalue weighted by Crippen LogP contribution is 2.23. The fourth-order valence-electron chi connectivity index (χ4n) is 2.15. The average Bonchev–Trinajstić information content (AvgIpc) is 3.20. The van der Waals surface area contributed by atoms with Gasteiger partial charge in [-0.05, 0) is 19.1 Å². The third-order valence-electron chi connectivity index (χ3n) is 3.32. The van der Waals surface area contributed by atoms with Crippen LogP contribution in [0.15, 0.2) is 29.0 Å². The Morgan fingerprint density at radius 3 is 2.84 bits per heavy atom. The summed E-state index contributed by atoms with van der Waals surface area (Å²) >= 11 is 1.17. The van der Waals surface area contributed by atoms with Crippen LogP contribution >= 0.6 is 11.3 Å². The Balaban J connectivity index is 1.57. The molecule has 9 heteroatoms. The second-order valence-corrected chi connectivity index (χ2v) is 6.29. The molecule has 0 unspecified atom stereocenters. The number of aryl methyl sites for hydroxylation is 2. The van der Waals surface area contributed by atoms with E-state index in [9.17, 15) is 9.59 Å². The van der Waals surface area contributed by atoms with Crippen molar-refractivity contribution < 1.29 is 14.1 Å². The Kier molecular flexibility index (Phi) is 4.94. The number of hydrogen-bond donors (Lipinski definition) is 1. The lowest BCUT2D eigenvalue weighted by Gasteiger charge is -1.98. The molecule has 3 aromatic rings. The molecule has 0 radical (unpaired) electrons. The molecule has 0 saturated heterocycles. The highest BCUT2D eigenvalue weighted by Gasteiger charge is 2.15. The molecule has 3 aromatic heterocycles. The van der Waals surface area contributed by atoms with E-state index >= 15 is 0 Å². The molecule has 0 saturated carbocycles. The third kappa shape index (κ3) is 4.13. The summed E-state index contributed by atoms with van der Waals surface area (Å²) in [5, 5.41) is 6.97. The molecule has 0 spiro atoms. The van der Waals surface area contributed by atoms with E-state index in [1.807, 2.05) is 6.07 Å². The third-order valence-corrected chi connectivity index (χ3v) is 4.49. The smallest absolute Gasteiger partial charge is 0.227 e. The fraction of sp³-hybridized carbons (Fsp3) is 0.250. The summed E-state index contributed by atoms with van der Waals surface area (Å²) < 4.78 is 5.15. The second kappa shape index (κ2) is 7.31. The number of hydrogen-bond acceptors (Lipinski definition) is 8. The first-order valence-corrected chi connectivity index (χ1v) is 8.36. The van der Waals surface area contributed by atoms with E-state index in [0.29, 0.717) is 33.8 Å². The maximum absolute atomic E-state index is 12.0. The summed E-state index contributed by atoms with van der Waals surface area (Å²) in [5.74, 6) is 0.508. The molecule has 1 N–H and O–H groups in total. The summed E-state index contributed by atoms with van der Waals surface area (Å²) in [7, 11) is 0. The Morgan fingerprint density at radius 1 is 1.32 bits per heavy atom. The van der Waals surface area contributed by atoms with Crippen LogP contribution in [0.2, 0.25) is 0 Å². The van der Waals surface area contributed by atoms with Crippen LogP contribution in [-0.4, -0.2) is 31.8 Å². The van der Waals surface area contributed by atoms with Crippen molar-refractivity contribution in [2.45, 2.75) is 26.7 Å². The van der Waals surface area contributed by atoms with Crippen LogP contribution in [0.25, 0.3) is 11.4 Å². The lowest BCUT2D eigenvalue weighted by molar-refractivity contribution is -0.116. The maximum atomic E-state index is 12.0. The second-order valence-electron chi connectivity index (χ2n) is 5.29. The summed E-state index contributed by atoms with van der Waals surface area (Å²) in [6.07, 6.45) is 3.77. The van der Waals surface area contributed by atoms with Gasteiger partial charge in [-0.1, -0.05) is 16.5 Å². The minimum atomic E-state index is -0.232. The topological polar surface area (TPSA) is 111 Å². The normalized spacial score (nSPS) is 10.6. The van der Waals surface area contributed by atoms with Crippen molar-refractivity contribution in [2.24, 2.45) is 0 Å². The molecule has 3 heterocycles. The van der Waals surface area contributed by atoms with Crippen molar-refractivity contribution in [3.05, 3.63) is 41.0 Å². The average molecular weight is 357 g/mol. The maximum Gasteiger partial charge on any atom is 0.227 e. The predicted molar refractivity (Wildman–Crippen MR) is 91.3 cm³/mol. The van der Waals surface area contributed by atoms with Crippen LogP contribution < -0.4 is 5.32 Å². The van der Waals surface area contributed by atoms with Crippen LogP contribution in [-0.2, 0) is 11.2 Å². The Morgan fingerprint density at radius 2 is 2.16 bits per heavy atom. The summed E-state index contributed by atoms with van der Waals surface area (Å²) in [4.78, 5) is 36.4. The monoisotopic (exact) mass is 357 g/mol. The van der Waals surface area contributed by atoms with Crippen LogP contribution in [0.1, 0.15) is 34.6 Å². The molecule has 0 atom stereocenters. The zero-order valence-corrected chi connectivity index (χ0v) is 14.5. The van der Waals surface area contributed by atoms with E-state index < -0.39 is 0 Å². The van der Waals surface area contributed by atoms with Gasteiger partial charge in [0.25, 0.3) is 0 Å². The first-order chi connectivity index (χ1) is 12.0. The Labute approximate surface area is 147 Å². The van der Waals surface area contributed by atoms with Crippen molar-refractivity contribution in [3.8, 4) is 11.4 Å². The van der Waals surface area contributed by atoms with Gasteiger partial charge in [0, 0.05) is 37.7 Å². The number of thiazole rings is 1. The molecule has 0 aromatic carbocycles. The fourth-order valence-corrected chi connectivity index (χ4v) is 3.03. The van der Waals surface area contributed by atoms with Crippen molar-refractivity contribution in [3.63, 3.8) is 0 Å². The molecule has 1 amide bonds. The molecule has 0 aliphatic carbocycles. The number of rotatable bonds is 6. The van der Waals surface area contributed by atoms with Gasteiger partial charge in [-0.25, -0.2) is 4.98 Å². The molecule has 3 rings (SSSR count). The van der Waals surface area contributed by atoms with Gasteiger partial charge >= 0.3 is 0 Å². The van der Waals surface area contributed by atoms with Crippen molar-refractivity contribution in [1.82, 2.24) is 20.1 Å². The van der Waals surface area contributed by atoms with Gasteiger partial charge in [0.2, 0.25) is 17.6 Å². The first kappa shape index (κ1) is 16.9. The molecular formula is C16H15N5O3S. The number of nitrogens with zero attached hydrogens (tertiary/aromatic N) is 4. The highest BCUT2D eigenvalue weighted by molar-refractivity contribution is 7.17. The number of Topliss-reactive ketones (excluding diaryl/α,β-unsaturated/α-hetero) is 1. The number of aromatic nitrogens is 4. The number of ketones is 1. The summed E-state index contributed by atoms with van der Waals surface area (Å²) in [6.45, 7) is 3.21. The highest BCUT2D eigenvalue weighted by atomic mass is 32.1. The van der Waals surface area contributed by atoms with Crippen LogP contribution in [0, 0.1) is 6.92 Å². The van der Waals surface area contributed by atoms with Crippen molar-refractivity contribution in [2.75, 3.05) is 5.32 Å². The number of carbonyl (C=O) groups excluding carboxylic acids is 2. The minimum Gasteiger partial charge on any atom is -0.339 e. The zero-order valence-electron chi connectivity index (χ0n) is 13.6. The largest absolute Gasteiger partial charge is 0.339 e. The first-order valence-electron chi connectivity index (χ1n) is 7.54. The minimum absolute atomic E-state index is 0.0655. The molecule has 25 heavy (non-hydrogen) atoms. The molecule has 0 aliphatic heterocycles. The quantitative estimate of drug-likeness (QED) is 0.675. The number of amides is 1. The van der Waals surface area contributed by atoms with Crippen LogP contribution in [0.4, 0.5) is 5.13 Å². The van der Waals surface area contributed by atoms with E-state index in [1.165, 1.54) is 18.3 Å². The van der Waals surface area contributed by atoms with Gasteiger partial charge in [0.1, 0.15) is 0 Å². The van der Waals surface area contributed by atoms with E-state index in [2.05, 4.69) is 25.4 Å². The predicted octanol–water partition coefficient (Wildman–Crippen LogP) is 2.67. The number of nitrogens with one attached hydrogen (secondary N) is 1. The molecular weight excluding hydrogens is 342 g/mol. The van der Waals surface area contributed by atoms with E-state index in [0.717, 1.165) is 5.56 Å². The van der Waals surface area contributed by atoms with E-state index in [-0.39, 0.29) is 18.1 Å². The summed E-state index contributed by atoms with van der Waals surface area (Å²) in [6, 6.07) is 3.61. The zero-order chi connectivity index (χ0) is 17.8. The van der Waals surface area contributed by atoms with E-state index in [1.54, 1.807) is 25.4 Å². The molecule has 0 aliphatic rings. The van der Waals surface area contributed by atoms with Crippen LogP contribution in [0.5, 0.6) is 0 Å². The SMILES string of the molecule is CC(=O)c1sc(NC(=O)CCc2nc(-c3cccnc3)no2)nc1C. The van der Waals surface area contributed by atoms with Gasteiger partial charge in [-0.15, -0.1) is 0 Å². The summed E-state index contributed by atoms with van der Waals surface area (Å²) in [5.41, 5.74) is 1.36. The molecule has 0 fully saturated rings. The molecule has 0 bridgehead atoms. The lowest BCUT2D eigenvalue weighted by atomic mass is 10.2. The van der Waals surface area contributed by atoms with Gasteiger partial charge < -0.3 is 9.84 Å². The van der Waals surface area contributed by atoms with Gasteiger partial charge in [-0.2, -0.15) is 4.98 Å². The number of pyridine rings is 1. The Hall–Kier alpha value is -2.94. The standard InChI is InChI=1S/C16H15N5O3S/c1-9-14(10(2)22)25-16(18-9)19-12(23)5-6-13-20-15(21-24-13)11-4-3-7-17-8-11/h3-4,7-8H,5-6H2,1-2H3,(H,18,19,23). The number of carbonyl (C=O) groups is 2. The molecule has 128 valence electrons. The Bertz CT molecular complexity index is 904. The van der Waals surface area contributed by atoms with Gasteiger partial charge in [-0.3, -0.25) is 14.6 Å².